The molecule has 3 rings (SSSR count). The third-order valence-corrected chi connectivity index (χ3v) is 3.44. The molecule has 5 heteroatoms. The first kappa shape index (κ1) is 13.3. The fourth-order valence-corrected chi connectivity index (χ4v) is 2.17. The Hall–Kier alpha value is -2.69. The molecule has 0 atom stereocenters. The molecular formula is C16H17N5. The predicted molar refractivity (Wildman–Crippen MR) is 83.1 cm³/mol. The number of hydrogen-bond acceptors (Lipinski definition) is 4. The predicted octanol–water partition coefficient (Wildman–Crippen LogP) is 3.03. The van der Waals surface area contributed by atoms with E-state index in [0.29, 0.717) is 11.7 Å². The van der Waals surface area contributed by atoms with Crippen LogP contribution in [0.15, 0.2) is 48.5 Å². The van der Waals surface area contributed by atoms with Crippen LogP contribution in [-0.4, -0.2) is 20.2 Å². The smallest absolute Gasteiger partial charge is 0.187 e. The Morgan fingerprint density at radius 2 is 1.62 bits per heavy atom. The standard InChI is InChI=1S/C16H17N5/c1-11(2)12-5-9-15(10-6-12)21-16(18-19-20-21)13-3-7-14(17)8-4-13/h3-11H,17H2,1-2H3. The third kappa shape index (κ3) is 2.63. The highest BCUT2D eigenvalue weighted by atomic mass is 15.5. The van der Waals surface area contributed by atoms with Gasteiger partial charge in [0.05, 0.1) is 5.69 Å². The van der Waals surface area contributed by atoms with Crippen molar-refractivity contribution in [2.24, 2.45) is 0 Å². The van der Waals surface area contributed by atoms with Crippen molar-refractivity contribution in [1.82, 2.24) is 20.2 Å². The van der Waals surface area contributed by atoms with Crippen LogP contribution in [0, 0.1) is 0 Å². The highest BCUT2D eigenvalue weighted by Crippen LogP contribution is 2.22. The van der Waals surface area contributed by atoms with Gasteiger partial charge in [0.2, 0.25) is 0 Å². The number of rotatable bonds is 3. The van der Waals surface area contributed by atoms with Crippen molar-refractivity contribution in [3.63, 3.8) is 0 Å². The van der Waals surface area contributed by atoms with Crippen LogP contribution in [0.1, 0.15) is 25.3 Å². The minimum absolute atomic E-state index is 0.504. The summed E-state index contributed by atoms with van der Waals surface area (Å²) >= 11 is 0. The second-order valence-corrected chi connectivity index (χ2v) is 5.28. The van der Waals surface area contributed by atoms with Gasteiger partial charge in [0.15, 0.2) is 5.82 Å². The molecule has 0 spiro atoms. The van der Waals surface area contributed by atoms with Crippen LogP contribution in [0.3, 0.4) is 0 Å². The molecule has 0 aliphatic heterocycles. The lowest BCUT2D eigenvalue weighted by Gasteiger charge is -2.08. The van der Waals surface area contributed by atoms with E-state index in [-0.39, 0.29) is 0 Å². The van der Waals surface area contributed by atoms with Gasteiger partial charge >= 0.3 is 0 Å². The Morgan fingerprint density at radius 3 is 2.24 bits per heavy atom. The van der Waals surface area contributed by atoms with Crippen LogP contribution in [0.4, 0.5) is 5.69 Å². The Labute approximate surface area is 123 Å². The van der Waals surface area contributed by atoms with Crippen LogP contribution in [0.2, 0.25) is 0 Å². The Bertz CT molecular complexity index is 726. The average molecular weight is 279 g/mol. The maximum atomic E-state index is 5.72. The Balaban J connectivity index is 2.00. The summed E-state index contributed by atoms with van der Waals surface area (Å²) in [4.78, 5) is 0. The second kappa shape index (κ2) is 5.36. The zero-order valence-corrected chi connectivity index (χ0v) is 12.1. The van der Waals surface area contributed by atoms with E-state index in [1.54, 1.807) is 4.68 Å². The van der Waals surface area contributed by atoms with Crippen molar-refractivity contribution in [2.45, 2.75) is 19.8 Å². The third-order valence-electron chi connectivity index (χ3n) is 3.44. The van der Waals surface area contributed by atoms with Crippen molar-refractivity contribution >= 4 is 5.69 Å². The molecule has 0 saturated heterocycles. The molecule has 2 aromatic carbocycles. The summed E-state index contributed by atoms with van der Waals surface area (Å²) in [6.45, 7) is 4.34. The molecule has 106 valence electrons. The molecule has 0 unspecified atom stereocenters. The summed E-state index contributed by atoms with van der Waals surface area (Å²) in [7, 11) is 0. The van der Waals surface area contributed by atoms with E-state index in [0.717, 1.165) is 16.9 Å². The normalized spacial score (nSPS) is 11.0. The molecule has 0 bridgehead atoms. The highest BCUT2D eigenvalue weighted by Gasteiger charge is 2.10. The minimum atomic E-state index is 0.504. The van der Waals surface area contributed by atoms with Crippen molar-refractivity contribution in [3.05, 3.63) is 54.1 Å². The van der Waals surface area contributed by atoms with Gasteiger partial charge < -0.3 is 5.73 Å². The molecule has 0 radical (unpaired) electrons. The van der Waals surface area contributed by atoms with E-state index in [4.69, 9.17) is 5.73 Å². The van der Waals surface area contributed by atoms with Gasteiger partial charge in [-0.15, -0.1) is 5.10 Å². The van der Waals surface area contributed by atoms with Crippen molar-refractivity contribution in [2.75, 3.05) is 5.73 Å². The summed E-state index contributed by atoms with van der Waals surface area (Å²) < 4.78 is 1.73. The van der Waals surface area contributed by atoms with E-state index >= 15 is 0 Å². The average Bonchev–Trinajstić information content (AvgIpc) is 2.97. The van der Waals surface area contributed by atoms with E-state index in [9.17, 15) is 0 Å². The summed E-state index contributed by atoms with van der Waals surface area (Å²) in [6.07, 6.45) is 0. The molecule has 0 amide bonds. The van der Waals surface area contributed by atoms with Gasteiger partial charge in [-0.05, 0) is 58.3 Å². The molecule has 21 heavy (non-hydrogen) atoms. The molecule has 1 aromatic heterocycles. The van der Waals surface area contributed by atoms with Gasteiger partial charge in [0, 0.05) is 11.3 Å². The largest absolute Gasteiger partial charge is 0.399 e. The molecule has 0 aliphatic rings. The monoisotopic (exact) mass is 279 g/mol. The number of benzene rings is 2. The van der Waals surface area contributed by atoms with Crippen LogP contribution in [0.5, 0.6) is 0 Å². The summed E-state index contributed by atoms with van der Waals surface area (Å²) in [5, 5.41) is 12.0. The lowest BCUT2D eigenvalue weighted by atomic mass is 10.0. The minimum Gasteiger partial charge on any atom is -0.399 e. The lowest BCUT2D eigenvalue weighted by Crippen LogP contribution is -2.00. The zero-order valence-electron chi connectivity index (χ0n) is 12.1. The van der Waals surface area contributed by atoms with Gasteiger partial charge in [-0.2, -0.15) is 4.68 Å². The van der Waals surface area contributed by atoms with Crippen LogP contribution >= 0.6 is 0 Å². The molecule has 1 heterocycles. The SMILES string of the molecule is CC(C)c1ccc(-n2nnnc2-c2ccc(N)cc2)cc1. The molecule has 0 saturated carbocycles. The first-order chi connectivity index (χ1) is 10.1. The highest BCUT2D eigenvalue weighted by molar-refractivity contribution is 5.60. The number of nitrogens with zero attached hydrogens (tertiary/aromatic N) is 4. The number of tetrazole rings is 1. The first-order valence-corrected chi connectivity index (χ1v) is 6.90. The number of anilines is 1. The van der Waals surface area contributed by atoms with E-state index < -0.39 is 0 Å². The van der Waals surface area contributed by atoms with Gasteiger partial charge in [-0.3, -0.25) is 0 Å². The summed E-state index contributed by atoms with van der Waals surface area (Å²) in [5.74, 6) is 1.21. The molecule has 3 aromatic rings. The van der Waals surface area contributed by atoms with Crippen LogP contribution < -0.4 is 5.73 Å². The van der Waals surface area contributed by atoms with Gasteiger partial charge in [0.25, 0.3) is 0 Å². The maximum absolute atomic E-state index is 5.72. The quantitative estimate of drug-likeness (QED) is 0.748. The van der Waals surface area contributed by atoms with Crippen LogP contribution in [-0.2, 0) is 0 Å². The van der Waals surface area contributed by atoms with Gasteiger partial charge in [0.1, 0.15) is 0 Å². The summed E-state index contributed by atoms with van der Waals surface area (Å²) in [6, 6.07) is 15.8. The zero-order chi connectivity index (χ0) is 14.8. The Morgan fingerprint density at radius 1 is 0.952 bits per heavy atom. The fraction of sp³-hybridized carbons (Fsp3) is 0.188. The number of nitrogen functional groups attached to an aromatic ring is 1. The lowest BCUT2D eigenvalue weighted by molar-refractivity contribution is 0.789. The summed E-state index contributed by atoms with van der Waals surface area (Å²) in [5.41, 5.74) is 9.60. The van der Waals surface area contributed by atoms with Crippen LogP contribution in [0.25, 0.3) is 17.1 Å². The molecule has 5 nitrogen and oxygen atoms in total. The van der Waals surface area contributed by atoms with Gasteiger partial charge in [-0.1, -0.05) is 26.0 Å². The van der Waals surface area contributed by atoms with Crippen molar-refractivity contribution < 1.29 is 0 Å². The topological polar surface area (TPSA) is 69.6 Å². The molecule has 2 N–H and O–H groups in total. The molecule has 0 aliphatic carbocycles. The second-order valence-electron chi connectivity index (χ2n) is 5.28. The number of nitrogens with two attached hydrogens (primary N) is 1. The van der Waals surface area contributed by atoms with E-state index in [2.05, 4.69) is 41.5 Å². The number of hydrogen-bond donors (Lipinski definition) is 1. The van der Waals surface area contributed by atoms with Gasteiger partial charge in [-0.25, -0.2) is 0 Å². The molecular weight excluding hydrogens is 262 g/mol. The first-order valence-electron chi connectivity index (χ1n) is 6.90. The fourth-order valence-electron chi connectivity index (χ4n) is 2.17. The molecule has 0 fully saturated rings. The van der Waals surface area contributed by atoms with E-state index in [1.807, 2.05) is 36.4 Å². The Kier molecular flexibility index (Phi) is 3.39. The van der Waals surface area contributed by atoms with Crippen molar-refractivity contribution in [1.29, 1.82) is 0 Å². The van der Waals surface area contributed by atoms with Crippen molar-refractivity contribution in [3.8, 4) is 17.1 Å². The van der Waals surface area contributed by atoms with E-state index in [1.165, 1.54) is 5.56 Å². The maximum Gasteiger partial charge on any atom is 0.187 e. The number of aromatic nitrogens is 4.